The third-order valence-electron chi connectivity index (χ3n) is 4.49. The molecule has 7 nitrogen and oxygen atoms in total. The molecule has 9 heteroatoms. The molecule has 0 atom stereocenters. The molecule has 4 aromatic rings. The van der Waals surface area contributed by atoms with Crippen LogP contribution in [0.1, 0.15) is 0 Å². The summed E-state index contributed by atoms with van der Waals surface area (Å²) in [7, 11) is 1.57. The van der Waals surface area contributed by atoms with Gasteiger partial charge in [-0.15, -0.1) is 8.78 Å². The van der Waals surface area contributed by atoms with Gasteiger partial charge in [-0.25, -0.2) is 9.97 Å². The summed E-state index contributed by atoms with van der Waals surface area (Å²) in [6, 6.07) is 13.5. The highest BCUT2D eigenvalue weighted by Gasteiger charge is 2.43. The van der Waals surface area contributed by atoms with Crippen molar-refractivity contribution in [3.63, 3.8) is 0 Å². The second-order valence-corrected chi connectivity index (χ2v) is 6.47. The van der Waals surface area contributed by atoms with Crippen LogP contribution in [0.3, 0.4) is 0 Å². The summed E-state index contributed by atoms with van der Waals surface area (Å²) in [6.45, 7) is 0. The van der Waals surface area contributed by atoms with Crippen molar-refractivity contribution in [3.8, 4) is 28.6 Å². The molecule has 0 aliphatic carbocycles. The first kappa shape index (κ1) is 18.0. The molecular weight excluding hydrogens is 394 g/mol. The van der Waals surface area contributed by atoms with Gasteiger partial charge >= 0.3 is 6.29 Å². The Kier molecular flexibility index (Phi) is 4.09. The normalized spacial score (nSPS) is 14.0. The van der Waals surface area contributed by atoms with Gasteiger partial charge in [-0.05, 0) is 42.5 Å². The number of nitrogens with one attached hydrogen (secondary N) is 1. The zero-order chi connectivity index (χ0) is 20.7. The van der Waals surface area contributed by atoms with Crippen LogP contribution in [-0.2, 0) is 0 Å². The van der Waals surface area contributed by atoms with E-state index in [1.54, 1.807) is 43.8 Å². The van der Waals surface area contributed by atoms with Crippen LogP contribution in [0, 0.1) is 0 Å². The molecule has 0 fully saturated rings. The Hall–Kier alpha value is -4.01. The summed E-state index contributed by atoms with van der Waals surface area (Å²) >= 11 is 0. The molecule has 30 heavy (non-hydrogen) atoms. The van der Waals surface area contributed by atoms with Crippen LogP contribution in [-0.4, -0.2) is 28.4 Å². The van der Waals surface area contributed by atoms with Crippen molar-refractivity contribution in [2.45, 2.75) is 6.29 Å². The zero-order valence-corrected chi connectivity index (χ0v) is 15.6. The molecule has 0 saturated carbocycles. The first-order valence-electron chi connectivity index (χ1n) is 8.94. The Labute approximate surface area is 169 Å². The Bertz CT molecular complexity index is 1250. The lowest BCUT2D eigenvalue weighted by Gasteiger charge is -2.12. The van der Waals surface area contributed by atoms with Crippen LogP contribution in [0.5, 0.6) is 17.2 Å². The van der Waals surface area contributed by atoms with Gasteiger partial charge in [0.15, 0.2) is 17.3 Å². The van der Waals surface area contributed by atoms with Crippen molar-refractivity contribution in [2.24, 2.45) is 0 Å². The summed E-state index contributed by atoms with van der Waals surface area (Å²) in [5.74, 6) is 1.48. The van der Waals surface area contributed by atoms with Crippen LogP contribution in [0.2, 0.25) is 0 Å². The molecule has 1 N–H and O–H groups in total. The molecule has 0 spiro atoms. The van der Waals surface area contributed by atoms with Gasteiger partial charge in [0.1, 0.15) is 11.6 Å². The first-order chi connectivity index (χ1) is 14.5. The van der Waals surface area contributed by atoms with Gasteiger partial charge in [-0.1, -0.05) is 0 Å². The van der Waals surface area contributed by atoms with E-state index in [-0.39, 0.29) is 11.5 Å². The number of hydrogen-bond donors (Lipinski definition) is 1. The zero-order valence-electron chi connectivity index (χ0n) is 15.6. The number of halogens is 2. The van der Waals surface area contributed by atoms with E-state index in [2.05, 4.69) is 29.7 Å². The van der Waals surface area contributed by atoms with Crippen LogP contribution >= 0.6 is 0 Å². The summed E-state index contributed by atoms with van der Waals surface area (Å²) in [5, 5.41) is 3.86. The molecule has 5 rings (SSSR count). The van der Waals surface area contributed by atoms with E-state index >= 15 is 0 Å². The number of aromatic nitrogens is 3. The highest BCUT2D eigenvalue weighted by Crippen LogP contribution is 2.43. The lowest BCUT2D eigenvalue weighted by molar-refractivity contribution is -0.286. The molecule has 0 amide bonds. The van der Waals surface area contributed by atoms with Crippen LogP contribution < -0.4 is 19.5 Å². The minimum Gasteiger partial charge on any atom is -0.497 e. The average molecular weight is 408 g/mol. The van der Waals surface area contributed by atoms with E-state index in [1.165, 1.54) is 12.1 Å². The predicted molar refractivity (Wildman–Crippen MR) is 105 cm³/mol. The number of methoxy groups -OCH3 is 1. The van der Waals surface area contributed by atoms with E-state index in [9.17, 15) is 8.78 Å². The van der Waals surface area contributed by atoms with Crippen LogP contribution in [0.25, 0.3) is 22.3 Å². The fourth-order valence-electron chi connectivity index (χ4n) is 3.12. The van der Waals surface area contributed by atoms with Gasteiger partial charge < -0.3 is 19.5 Å². The lowest BCUT2D eigenvalue weighted by atomic mass is 10.2. The highest BCUT2D eigenvalue weighted by molar-refractivity contribution is 5.93. The topological polar surface area (TPSA) is 78.4 Å². The molecule has 2 aromatic heterocycles. The van der Waals surface area contributed by atoms with Crippen LogP contribution in [0.15, 0.2) is 60.9 Å². The van der Waals surface area contributed by atoms with Gasteiger partial charge in [0.05, 0.1) is 12.6 Å². The lowest BCUT2D eigenvalue weighted by Crippen LogP contribution is -2.25. The fourth-order valence-corrected chi connectivity index (χ4v) is 3.12. The van der Waals surface area contributed by atoms with Crippen molar-refractivity contribution in [1.82, 2.24) is 15.0 Å². The molecule has 1 aliphatic heterocycles. The Morgan fingerprint density at radius 3 is 2.67 bits per heavy atom. The average Bonchev–Trinajstić information content (AvgIpc) is 3.07. The maximum atomic E-state index is 13.3. The monoisotopic (exact) mass is 408 g/mol. The number of ether oxygens (including phenoxy) is 3. The van der Waals surface area contributed by atoms with Gasteiger partial charge in [-0.2, -0.15) is 0 Å². The highest BCUT2D eigenvalue weighted by atomic mass is 19.3. The molecule has 1 aliphatic rings. The van der Waals surface area contributed by atoms with E-state index in [0.717, 1.165) is 5.56 Å². The van der Waals surface area contributed by atoms with E-state index in [1.807, 2.05) is 12.1 Å². The molecule has 0 saturated heterocycles. The van der Waals surface area contributed by atoms with E-state index in [4.69, 9.17) is 4.74 Å². The Morgan fingerprint density at radius 2 is 1.87 bits per heavy atom. The second-order valence-electron chi connectivity index (χ2n) is 6.47. The van der Waals surface area contributed by atoms with E-state index in [0.29, 0.717) is 34.0 Å². The number of nitrogens with zero attached hydrogens (tertiary/aromatic N) is 3. The molecular formula is C21H14F2N4O3. The van der Waals surface area contributed by atoms with Gasteiger partial charge in [-0.3, -0.25) is 4.98 Å². The SMILES string of the molecule is COc1ccc2nc(-c3cccnc3)nc(Nc3ccc4c(c3)OC(F)(F)O4)c2c1. The van der Waals surface area contributed by atoms with Crippen molar-refractivity contribution in [2.75, 3.05) is 12.4 Å². The van der Waals surface area contributed by atoms with Gasteiger partial charge in [0, 0.05) is 35.1 Å². The minimum absolute atomic E-state index is 0.0317. The number of rotatable bonds is 4. The number of benzene rings is 2. The van der Waals surface area contributed by atoms with Crippen molar-refractivity contribution in [1.29, 1.82) is 0 Å². The number of hydrogen-bond acceptors (Lipinski definition) is 7. The van der Waals surface area contributed by atoms with Crippen molar-refractivity contribution < 1.29 is 23.0 Å². The Balaban J connectivity index is 1.60. The largest absolute Gasteiger partial charge is 0.586 e. The predicted octanol–water partition coefficient (Wildman–Crippen LogP) is 4.77. The molecule has 0 unspecified atom stereocenters. The molecule has 0 bridgehead atoms. The number of pyridine rings is 1. The molecule has 150 valence electrons. The van der Waals surface area contributed by atoms with Crippen molar-refractivity contribution >= 4 is 22.4 Å². The summed E-state index contributed by atoms with van der Waals surface area (Å²) in [4.78, 5) is 13.3. The third-order valence-corrected chi connectivity index (χ3v) is 4.49. The molecule has 0 radical (unpaired) electrons. The summed E-state index contributed by atoms with van der Waals surface area (Å²) < 4.78 is 40.9. The molecule has 2 aromatic carbocycles. The van der Waals surface area contributed by atoms with Gasteiger partial charge in [0.2, 0.25) is 0 Å². The molecule has 3 heterocycles. The smallest absolute Gasteiger partial charge is 0.497 e. The van der Waals surface area contributed by atoms with Gasteiger partial charge in [0.25, 0.3) is 0 Å². The third kappa shape index (κ3) is 3.30. The number of fused-ring (bicyclic) bond motifs is 2. The maximum Gasteiger partial charge on any atom is 0.586 e. The standard InChI is InChI=1S/C21H14F2N4O3/c1-28-14-5-6-16-15(10-14)20(27-19(26-16)12-3-2-8-24-11-12)25-13-4-7-17-18(9-13)30-21(22,23)29-17/h2-11H,1H3,(H,25,26,27). The maximum absolute atomic E-state index is 13.3. The fraction of sp³-hybridized carbons (Fsp3) is 0.0952. The van der Waals surface area contributed by atoms with E-state index < -0.39 is 6.29 Å². The minimum atomic E-state index is -3.68. The summed E-state index contributed by atoms with van der Waals surface area (Å²) in [6.07, 6.45) is -0.350. The second kappa shape index (κ2) is 6.80. The number of alkyl halides is 2. The quantitative estimate of drug-likeness (QED) is 0.521. The van der Waals surface area contributed by atoms with Crippen molar-refractivity contribution in [3.05, 3.63) is 60.9 Å². The first-order valence-corrected chi connectivity index (χ1v) is 8.94. The Morgan fingerprint density at radius 1 is 1.00 bits per heavy atom. The number of anilines is 2. The summed E-state index contributed by atoms with van der Waals surface area (Å²) in [5.41, 5.74) is 1.91. The van der Waals surface area contributed by atoms with Crippen LogP contribution in [0.4, 0.5) is 20.3 Å².